The van der Waals surface area contributed by atoms with Gasteiger partial charge in [-0.2, -0.15) is 0 Å². The molecule has 1 aromatic rings. The molecule has 4 nitrogen and oxygen atoms in total. The van der Waals surface area contributed by atoms with Gasteiger partial charge in [0, 0.05) is 0 Å². The third kappa shape index (κ3) is 4.13. The number of benzene rings is 1. The Labute approximate surface area is 126 Å². The molecular formula is C17H24O4. The van der Waals surface area contributed by atoms with Crippen molar-refractivity contribution in [2.45, 2.75) is 32.1 Å². The highest BCUT2D eigenvalue weighted by Crippen LogP contribution is 2.32. The number of esters is 1. The van der Waals surface area contributed by atoms with Crippen molar-refractivity contribution in [1.29, 1.82) is 0 Å². The monoisotopic (exact) mass is 292 g/mol. The van der Waals surface area contributed by atoms with Crippen molar-refractivity contribution < 1.29 is 19.0 Å². The predicted molar refractivity (Wildman–Crippen MR) is 80.6 cm³/mol. The van der Waals surface area contributed by atoms with E-state index in [0.29, 0.717) is 24.0 Å². The van der Waals surface area contributed by atoms with Gasteiger partial charge in [-0.25, -0.2) is 0 Å². The zero-order chi connectivity index (χ0) is 15.1. The first-order valence-corrected chi connectivity index (χ1v) is 7.60. The van der Waals surface area contributed by atoms with Crippen molar-refractivity contribution in [3.8, 4) is 11.5 Å². The molecule has 21 heavy (non-hydrogen) atoms. The molecule has 0 N–H and O–H groups in total. The van der Waals surface area contributed by atoms with Gasteiger partial charge in [0.2, 0.25) is 0 Å². The topological polar surface area (TPSA) is 44.8 Å². The lowest BCUT2D eigenvalue weighted by molar-refractivity contribution is -0.149. The van der Waals surface area contributed by atoms with E-state index in [4.69, 9.17) is 14.2 Å². The summed E-state index contributed by atoms with van der Waals surface area (Å²) < 4.78 is 16.1. The Morgan fingerprint density at radius 1 is 1.14 bits per heavy atom. The standard InChI is InChI=1S/C17H24O4/c1-19-15-10-6-7-11-16(15)21-12-14(17(18)20-2)13-8-4-3-5-9-13/h6-7,10-11,13-14H,3-5,8-9,12H2,1-2H3. The number of rotatable bonds is 6. The molecule has 1 unspecified atom stereocenters. The third-order valence-electron chi connectivity index (χ3n) is 4.21. The first kappa shape index (κ1) is 15.7. The van der Waals surface area contributed by atoms with Gasteiger partial charge in [0.15, 0.2) is 11.5 Å². The van der Waals surface area contributed by atoms with Gasteiger partial charge >= 0.3 is 5.97 Å². The summed E-state index contributed by atoms with van der Waals surface area (Å²) in [6, 6.07) is 7.49. The van der Waals surface area contributed by atoms with Crippen LogP contribution in [0.5, 0.6) is 11.5 Å². The summed E-state index contributed by atoms with van der Waals surface area (Å²) in [5.74, 6) is 1.35. The maximum atomic E-state index is 12.1. The molecule has 0 aromatic heterocycles. The summed E-state index contributed by atoms with van der Waals surface area (Å²) in [6.07, 6.45) is 5.79. The van der Waals surface area contributed by atoms with E-state index < -0.39 is 0 Å². The Morgan fingerprint density at radius 2 is 1.81 bits per heavy atom. The molecule has 4 heteroatoms. The molecule has 0 heterocycles. The van der Waals surface area contributed by atoms with Gasteiger partial charge in [-0.05, 0) is 30.9 Å². The minimum absolute atomic E-state index is 0.170. The maximum absolute atomic E-state index is 12.1. The number of hydrogen-bond donors (Lipinski definition) is 0. The Hall–Kier alpha value is -1.71. The van der Waals surface area contributed by atoms with Gasteiger partial charge in [0.25, 0.3) is 0 Å². The smallest absolute Gasteiger partial charge is 0.312 e. The van der Waals surface area contributed by atoms with Crippen LogP contribution in [-0.4, -0.2) is 26.8 Å². The second-order valence-electron chi connectivity index (χ2n) is 5.49. The fraction of sp³-hybridized carbons (Fsp3) is 0.588. The van der Waals surface area contributed by atoms with Gasteiger partial charge in [0.05, 0.1) is 20.1 Å². The van der Waals surface area contributed by atoms with Gasteiger partial charge in [-0.1, -0.05) is 31.4 Å². The van der Waals surface area contributed by atoms with Crippen LogP contribution in [0, 0.1) is 11.8 Å². The van der Waals surface area contributed by atoms with Crippen molar-refractivity contribution in [3.05, 3.63) is 24.3 Å². The van der Waals surface area contributed by atoms with Gasteiger partial charge in [-0.15, -0.1) is 0 Å². The molecule has 1 aliphatic carbocycles. The summed E-state index contributed by atoms with van der Waals surface area (Å²) in [7, 11) is 3.06. The third-order valence-corrected chi connectivity index (χ3v) is 4.21. The average molecular weight is 292 g/mol. The van der Waals surface area contributed by atoms with Crippen LogP contribution in [0.15, 0.2) is 24.3 Å². The van der Waals surface area contributed by atoms with Crippen molar-refractivity contribution in [3.63, 3.8) is 0 Å². The molecule has 1 aliphatic rings. The van der Waals surface area contributed by atoms with E-state index in [-0.39, 0.29) is 11.9 Å². The summed E-state index contributed by atoms with van der Waals surface area (Å²) in [5, 5.41) is 0. The van der Waals surface area contributed by atoms with E-state index in [9.17, 15) is 4.79 Å². The van der Waals surface area contributed by atoms with Crippen LogP contribution >= 0.6 is 0 Å². The second kappa shape index (κ2) is 7.91. The summed E-state index contributed by atoms with van der Waals surface area (Å²) in [4.78, 5) is 12.1. The van der Waals surface area contributed by atoms with Crippen LogP contribution in [0.3, 0.4) is 0 Å². The Kier molecular flexibility index (Phi) is 5.90. The molecular weight excluding hydrogens is 268 g/mol. The number of carbonyl (C=O) groups is 1. The van der Waals surface area contributed by atoms with Crippen LogP contribution in [0.25, 0.3) is 0 Å². The lowest BCUT2D eigenvalue weighted by Crippen LogP contribution is -2.32. The average Bonchev–Trinajstić information content (AvgIpc) is 2.56. The van der Waals surface area contributed by atoms with E-state index in [2.05, 4.69) is 0 Å². The highest BCUT2D eigenvalue weighted by molar-refractivity contribution is 5.72. The molecule has 0 radical (unpaired) electrons. The van der Waals surface area contributed by atoms with Crippen molar-refractivity contribution in [2.75, 3.05) is 20.8 Å². The van der Waals surface area contributed by atoms with Gasteiger partial charge < -0.3 is 14.2 Å². The molecule has 2 rings (SSSR count). The molecule has 1 atom stereocenters. The lowest BCUT2D eigenvalue weighted by Gasteiger charge is -2.28. The number of ether oxygens (including phenoxy) is 3. The van der Waals surface area contributed by atoms with Crippen LogP contribution < -0.4 is 9.47 Å². The summed E-state index contributed by atoms with van der Waals surface area (Å²) in [6.45, 7) is 0.345. The van der Waals surface area contributed by atoms with E-state index in [1.807, 2.05) is 24.3 Å². The zero-order valence-corrected chi connectivity index (χ0v) is 12.8. The van der Waals surface area contributed by atoms with E-state index in [1.165, 1.54) is 26.4 Å². The maximum Gasteiger partial charge on any atom is 0.312 e. The lowest BCUT2D eigenvalue weighted by atomic mass is 9.80. The predicted octanol–water partition coefficient (Wildman–Crippen LogP) is 3.44. The van der Waals surface area contributed by atoms with Crippen LogP contribution in [0.4, 0.5) is 0 Å². The van der Waals surface area contributed by atoms with Crippen LogP contribution in [0.2, 0.25) is 0 Å². The molecule has 116 valence electrons. The molecule has 0 amide bonds. The number of methoxy groups -OCH3 is 2. The van der Waals surface area contributed by atoms with E-state index >= 15 is 0 Å². The van der Waals surface area contributed by atoms with Crippen LogP contribution in [-0.2, 0) is 9.53 Å². The Bertz CT molecular complexity index is 452. The molecule has 1 saturated carbocycles. The molecule has 0 saturated heterocycles. The largest absolute Gasteiger partial charge is 0.493 e. The molecule has 1 fully saturated rings. The number of carbonyl (C=O) groups excluding carboxylic acids is 1. The fourth-order valence-corrected chi connectivity index (χ4v) is 3.00. The SMILES string of the molecule is COC(=O)C(COc1ccccc1OC)C1CCCCC1. The zero-order valence-electron chi connectivity index (χ0n) is 12.8. The highest BCUT2D eigenvalue weighted by Gasteiger charge is 2.31. The van der Waals surface area contributed by atoms with E-state index in [0.717, 1.165) is 12.8 Å². The summed E-state index contributed by atoms with van der Waals surface area (Å²) >= 11 is 0. The quantitative estimate of drug-likeness (QED) is 0.753. The normalized spacial score (nSPS) is 17.0. The van der Waals surface area contributed by atoms with E-state index in [1.54, 1.807) is 7.11 Å². The van der Waals surface area contributed by atoms with Gasteiger partial charge in [-0.3, -0.25) is 4.79 Å². The summed E-state index contributed by atoms with van der Waals surface area (Å²) in [5.41, 5.74) is 0. The molecule has 0 bridgehead atoms. The Balaban J connectivity index is 2.02. The van der Waals surface area contributed by atoms with Crippen LogP contribution in [0.1, 0.15) is 32.1 Å². The van der Waals surface area contributed by atoms with Crippen molar-refractivity contribution in [1.82, 2.24) is 0 Å². The minimum Gasteiger partial charge on any atom is -0.493 e. The fourth-order valence-electron chi connectivity index (χ4n) is 3.00. The number of hydrogen-bond acceptors (Lipinski definition) is 4. The second-order valence-corrected chi connectivity index (χ2v) is 5.49. The van der Waals surface area contributed by atoms with Gasteiger partial charge in [0.1, 0.15) is 6.61 Å². The molecule has 1 aromatic carbocycles. The highest BCUT2D eigenvalue weighted by atomic mass is 16.5. The molecule has 0 aliphatic heterocycles. The first-order chi connectivity index (χ1) is 10.3. The minimum atomic E-state index is -0.194. The molecule has 0 spiro atoms. The number of para-hydroxylation sites is 2. The Morgan fingerprint density at radius 3 is 2.43 bits per heavy atom. The first-order valence-electron chi connectivity index (χ1n) is 7.60. The van der Waals surface area contributed by atoms with Crippen molar-refractivity contribution in [2.24, 2.45) is 11.8 Å². The van der Waals surface area contributed by atoms with Crippen molar-refractivity contribution >= 4 is 5.97 Å².